The van der Waals surface area contributed by atoms with Gasteiger partial charge in [-0.25, -0.2) is 4.98 Å². The molecule has 0 fully saturated rings. The Morgan fingerprint density at radius 3 is 2.69 bits per heavy atom. The second-order valence-corrected chi connectivity index (χ2v) is 3.77. The van der Waals surface area contributed by atoms with Gasteiger partial charge in [-0.15, -0.1) is 0 Å². The molecule has 1 heterocycles. The van der Waals surface area contributed by atoms with E-state index in [9.17, 15) is 9.50 Å². The minimum absolute atomic E-state index is 0.118. The Morgan fingerprint density at radius 1 is 1.25 bits per heavy atom. The first-order chi connectivity index (χ1) is 7.70. The minimum Gasteiger partial charge on any atom is -0.392 e. The Balaban J connectivity index is 2.51. The molecule has 0 atom stereocenters. The van der Waals surface area contributed by atoms with Crippen molar-refractivity contribution in [2.45, 2.75) is 6.61 Å². The number of aliphatic hydroxyl groups is 1. The number of benzene rings is 1. The molecule has 1 aromatic carbocycles. The molecular formula is C12H9ClFNO. The number of hydrogen-bond acceptors (Lipinski definition) is 2. The predicted molar refractivity (Wildman–Crippen MR) is 60.6 cm³/mol. The van der Waals surface area contributed by atoms with Crippen LogP contribution in [-0.4, -0.2) is 10.1 Å². The van der Waals surface area contributed by atoms with Gasteiger partial charge in [0.2, 0.25) is 5.95 Å². The Labute approximate surface area is 97.3 Å². The van der Waals surface area contributed by atoms with Crippen LogP contribution in [0.25, 0.3) is 11.1 Å². The zero-order valence-corrected chi connectivity index (χ0v) is 9.08. The average Bonchev–Trinajstić information content (AvgIpc) is 2.30. The van der Waals surface area contributed by atoms with Crippen LogP contribution in [0.3, 0.4) is 0 Å². The summed E-state index contributed by atoms with van der Waals surface area (Å²) in [5.41, 5.74) is 2.25. The van der Waals surface area contributed by atoms with Crippen LogP contribution in [0.4, 0.5) is 4.39 Å². The van der Waals surface area contributed by atoms with Gasteiger partial charge in [-0.1, -0.05) is 17.7 Å². The van der Waals surface area contributed by atoms with Crippen LogP contribution in [0.1, 0.15) is 5.56 Å². The first-order valence-corrected chi connectivity index (χ1v) is 5.09. The maximum absolute atomic E-state index is 12.7. The van der Waals surface area contributed by atoms with Crippen LogP contribution in [-0.2, 0) is 6.61 Å². The summed E-state index contributed by atoms with van der Waals surface area (Å²) in [6, 6.07) is 8.08. The lowest BCUT2D eigenvalue weighted by molar-refractivity contribution is 0.282. The van der Waals surface area contributed by atoms with Gasteiger partial charge < -0.3 is 5.11 Å². The summed E-state index contributed by atoms with van der Waals surface area (Å²) >= 11 is 5.82. The highest BCUT2D eigenvalue weighted by Crippen LogP contribution is 2.26. The molecule has 4 heteroatoms. The third-order valence-corrected chi connectivity index (χ3v) is 2.51. The van der Waals surface area contributed by atoms with Gasteiger partial charge in [0.05, 0.1) is 6.61 Å². The van der Waals surface area contributed by atoms with Crippen molar-refractivity contribution in [3.8, 4) is 11.1 Å². The summed E-state index contributed by atoms with van der Waals surface area (Å²) < 4.78 is 12.7. The summed E-state index contributed by atoms with van der Waals surface area (Å²) in [5, 5.41) is 9.76. The monoisotopic (exact) mass is 237 g/mol. The van der Waals surface area contributed by atoms with Gasteiger partial charge >= 0.3 is 0 Å². The molecule has 0 bridgehead atoms. The van der Waals surface area contributed by atoms with E-state index in [0.717, 1.165) is 11.1 Å². The molecule has 2 aromatic rings. The molecule has 2 nitrogen and oxygen atoms in total. The zero-order chi connectivity index (χ0) is 11.5. The van der Waals surface area contributed by atoms with Crippen molar-refractivity contribution in [2.24, 2.45) is 0 Å². The Hall–Kier alpha value is -1.45. The number of rotatable bonds is 2. The molecule has 0 radical (unpaired) electrons. The number of hydrogen-bond donors (Lipinski definition) is 1. The second kappa shape index (κ2) is 4.60. The van der Waals surface area contributed by atoms with Gasteiger partial charge in [0.1, 0.15) is 0 Å². The van der Waals surface area contributed by atoms with E-state index in [2.05, 4.69) is 4.98 Å². The maximum atomic E-state index is 12.7. The van der Waals surface area contributed by atoms with E-state index in [0.29, 0.717) is 10.6 Å². The van der Waals surface area contributed by atoms with E-state index in [1.807, 2.05) is 0 Å². The third-order valence-electron chi connectivity index (χ3n) is 2.28. The average molecular weight is 238 g/mol. The van der Waals surface area contributed by atoms with Crippen molar-refractivity contribution < 1.29 is 9.50 Å². The lowest BCUT2D eigenvalue weighted by Crippen LogP contribution is -1.91. The lowest BCUT2D eigenvalue weighted by Gasteiger charge is -2.07. The molecule has 0 unspecified atom stereocenters. The highest BCUT2D eigenvalue weighted by molar-refractivity contribution is 6.30. The van der Waals surface area contributed by atoms with Crippen LogP contribution in [0.5, 0.6) is 0 Å². The molecule has 0 aliphatic rings. The Kier molecular flexibility index (Phi) is 3.17. The number of halogens is 2. The summed E-state index contributed by atoms with van der Waals surface area (Å²) in [6.45, 7) is -0.118. The SMILES string of the molecule is OCc1cc(Cl)ccc1-c1ccc(F)nc1. The quantitative estimate of drug-likeness (QED) is 0.815. The fourth-order valence-corrected chi connectivity index (χ4v) is 1.70. The topological polar surface area (TPSA) is 33.1 Å². The third kappa shape index (κ3) is 2.21. The molecule has 0 spiro atoms. The van der Waals surface area contributed by atoms with Crippen LogP contribution in [0.2, 0.25) is 5.02 Å². The van der Waals surface area contributed by atoms with Gasteiger partial charge in [-0.05, 0) is 35.4 Å². The largest absolute Gasteiger partial charge is 0.392 e. The number of pyridine rings is 1. The van der Waals surface area contributed by atoms with Gasteiger partial charge in [-0.2, -0.15) is 4.39 Å². The van der Waals surface area contributed by atoms with E-state index in [1.165, 1.54) is 12.3 Å². The molecule has 1 N–H and O–H groups in total. The molecule has 0 aliphatic heterocycles. The van der Waals surface area contributed by atoms with E-state index >= 15 is 0 Å². The Bertz CT molecular complexity index is 499. The van der Waals surface area contributed by atoms with Crippen molar-refractivity contribution >= 4 is 11.6 Å². The van der Waals surface area contributed by atoms with Crippen molar-refractivity contribution in [1.82, 2.24) is 4.98 Å². The molecule has 1 aromatic heterocycles. The van der Waals surface area contributed by atoms with Crippen LogP contribution in [0, 0.1) is 5.95 Å². The van der Waals surface area contributed by atoms with Crippen molar-refractivity contribution in [3.63, 3.8) is 0 Å². The molecule has 0 aliphatic carbocycles. The van der Waals surface area contributed by atoms with Crippen molar-refractivity contribution in [3.05, 3.63) is 53.1 Å². The molecule has 2 rings (SSSR count). The smallest absolute Gasteiger partial charge is 0.212 e. The first kappa shape index (κ1) is 11.0. The number of aliphatic hydroxyl groups excluding tert-OH is 1. The molecule has 0 saturated heterocycles. The van der Waals surface area contributed by atoms with Crippen LogP contribution >= 0.6 is 11.6 Å². The van der Waals surface area contributed by atoms with E-state index < -0.39 is 5.95 Å². The molecule has 16 heavy (non-hydrogen) atoms. The molecule has 0 amide bonds. The molecule has 0 saturated carbocycles. The second-order valence-electron chi connectivity index (χ2n) is 3.33. The molecular weight excluding hydrogens is 229 g/mol. The van der Waals surface area contributed by atoms with E-state index in [4.69, 9.17) is 11.6 Å². The van der Waals surface area contributed by atoms with Gasteiger partial charge in [-0.3, -0.25) is 0 Å². The Morgan fingerprint density at radius 2 is 2.06 bits per heavy atom. The summed E-state index contributed by atoms with van der Waals surface area (Å²) in [6.07, 6.45) is 1.43. The van der Waals surface area contributed by atoms with E-state index in [-0.39, 0.29) is 6.61 Å². The highest BCUT2D eigenvalue weighted by Gasteiger charge is 2.05. The standard InChI is InChI=1S/C12H9ClFNO/c13-10-2-3-11(9(5-10)7-16)8-1-4-12(14)15-6-8/h1-6,16H,7H2. The fraction of sp³-hybridized carbons (Fsp3) is 0.0833. The summed E-state index contributed by atoms with van der Waals surface area (Å²) in [7, 11) is 0. The minimum atomic E-state index is -0.525. The van der Waals surface area contributed by atoms with Gasteiger partial charge in [0.15, 0.2) is 0 Å². The number of nitrogens with zero attached hydrogens (tertiary/aromatic N) is 1. The normalized spacial score (nSPS) is 10.4. The van der Waals surface area contributed by atoms with Gasteiger partial charge in [0, 0.05) is 16.8 Å². The maximum Gasteiger partial charge on any atom is 0.212 e. The molecule has 82 valence electrons. The summed E-state index contributed by atoms with van der Waals surface area (Å²) in [4.78, 5) is 3.57. The zero-order valence-electron chi connectivity index (χ0n) is 8.32. The first-order valence-electron chi connectivity index (χ1n) is 4.72. The van der Waals surface area contributed by atoms with E-state index in [1.54, 1.807) is 24.3 Å². The predicted octanol–water partition coefficient (Wildman–Crippen LogP) is 3.03. The fourth-order valence-electron chi connectivity index (χ4n) is 1.51. The van der Waals surface area contributed by atoms with Crippen molar-refractivity contribution in [2.75, 3.05) is 0 Å². The van der Waals surface area contributed by atoms with Crippen LogP contribution < -0.4 is 0 Å². The highest BCUT2D eigenvalue weighted by atomic mass is 35.5. The van der Waals surface area contributed by atoms with Gasteiger partial charge in [0.25, 0.3) is 0 Å². The lowest BCUT2D eigenvalue weighted by atomic mass is 10.0. The van der Waals surface area contributed by atoms with Crippen LogP contribution in [0.15, 0.2) is 36.5 Å². The summed E-state index contributed by atoms with van der Waals surface area (Å²) in [5.74, 6) is -0.525. The van der Waals surface area contributed by atoms with Crippen molar-refractivity contribution in [1.29, 1.82) is 0 Å². The number of aromatic nitrogens is 1.